The second kappa shape index (κ2) is 5.94. The summed E-state index contributed by atoms with van der Waals surface area (Å²) in [7, 11) is 0. The van der Waals surface area contributed by atoms with Crippen LogP contribution in [0, 0.1) is 0 Å². The highest BCUT2D eigenvalue weighted by atomic mass is 16.4. The van der Waals surface area contributed by atoms with Crippen LogP contribution in [0.5, 0.6) is 0 Å². The van der Waals surface area contributed by atoms with E-state index in [1.165, 1.54) is 0 Å². The van der Waals surface area contributed by atoms with Crippen molar-refractivity contribution >= 4 is 11.7 Å². The highest BCUT2D eigenvalue weighted by molar-refractivity contribution is 6.01. The van der Waals surface area contributed by atoms with Crippen molar-refractivity contribution in [1.29, 1.82) is 0 Å². The molecule has 2 rings (SSSR count). The van der Waals surface area contributed by atoms with Gasteiger partial charge >= 0.3 is 0 Å². The van der Waals surface area contributed by atoms with Crippen molar-refractivity contribution in [1.82, 2.24) is 5.32 Å². The fourth-order valence-corrected chi connectivity index (χ4v) is 2.85. The zero-order valence-corrected chi connectivity index (χ0v) is 11.7. The second-order valence-electron chi connectivity index (χ2n) is 5.24. The molecule has 1 fully saturated rings. The molecular weight excluding hydrogens is 254 g/mol. The fraction of sp³-hybridized carbons (Fsp3) is 0.467. The molecule has 1 aromatic rings. The smallest absolute Gasteiger partial charge is 0.252 e. The van der Waals surface area contributed by atoms with Gasteiger partial charge in [0.25, 0.3) is 5.91 Å². The summed E-state index contributed by atoms with van der Waals surface area (Å²) in [6, 6.07) is 7.52. The minimum Gasteiger partial charge on any atom is -0.409 e. The summed E-state index contributed by atoms with van der Waals surface area (Å²) < 4.78 is 0. The lowest BCUT2D eigenvalue weighted by molar-refractivity contribution is 0.0921. The summed E-state index contributed by atoms with van der Waals surface area (Å²) in [5.41, 5.74) is 6.75. The zero-order chi connectivity index (χ0) is 14.6. The van der Waals surface area contributed by atoms with Crippen molar-refractivity contribution in [3.05, 3.63) is 35.4 Å². The maximum Gasteiger partial charge on any atom is 0.252 e. The number of nitrogens with two attached hydrogens (primary N) is 1. The number of benzene rings is 1. The quantitative estimate of drug-likeness (QED) is 0.340. The molecule has 0 aromatic heterocycles. The molecule has 0 atom stereocenters. The molecule has 5 heteroatoms. The van der Waals surface area contributed by atoms with Crippen LogP contribution in [-0.2, 0) is 6.42 Å². The monoisotopic (exact) mass is 275 g/mol. The number of amidine groups is 1. The number of oxime groups is 1. The number of amides is 1. The average molecular weight is 275 g/mol. The topological polar surface area (TPSA) is 87.7 Å². The summed E-state index contributed by atoms with van der Waals surface area (Å²) in [6.45, 7) is 2.01. The number of aryl methyl sites for hydroxylation is 1. The Balaban J connectivity index is 2.25. The Morgan fingerprint density at radius 3 is 2.65 bits per heavy atom. The number of rotatable bonds is 4. The molecule has 108 valence electrons. The molecule has 0 unspecified atom stereocenters. The van der Waals surface area contributed by atoms with E-state index >= 15 is 0 Å². The van der Waals surface area contributed by atoms with E-state index in [0.29, 0.717) is 18.4 Å². The Morgan fingerprint density at radius 2 is 2.05 bits per heavy atom. The van der Waals surface area contributed by atoms with E-state index in [9.17, 15) is 4.79 Å². The van der Waals surface area contributed by atoms with E-state index in [-0.39, 0.29) is 11.7 Å². The van der Waals surface area contributed by atoms with Crippen LogP contribution in [0.1, 0.15) is 48.5 Å². The molecule has 4 N–H and O–H groups in total. The van der Waals surface area contributed by atoms with E-state index in [1.807, 2.05) is 31.2 Å². The lowest BCUT2D eigenvalue weighted by Crippen LogP contribution is -2.55. The molecule has 1 aromatic carbocycles. The number of hydrogen-bond donors (Lipinski definition) is 3. The summed E-state index contributed by atoms with van der Waals surface area (Å²) in [6.07, 6.45) is 4.14. The van der Waals surface area contributed by atoms with Gasteiger partial charge in [0.15, 0.2) is 5.84 Å². The lowest BCUT2D eigenvalue weighted by atomic mass is 9.94. The van der Waals surface area contributed by atoms with Crippen molar-refractivity contribution in [3.8, 4) is 0 Å². The summed E-state index contributed by atoms with van der Waals surface area (Å²) in [5.74, 6) is -0.0618. The molecule has 5 nitrogen and oxygen atoms in total. The molecule has 0 radical (unpaired) electrons. The van der Waals surface area contributed by atoms with Gasteiger partial charge in [-0.1, -0.05) is 43.1 Å². The Labute approximate surface area is 118 Å². The largest absolute Gasteiger partial charge is 0.409 e. The minimum atomic E-state index is -0.702. The van der Waals surface area contributed by atoms with Gasteiger partial charge in [0.05, 0.1) is 0 Å². The number of nitrogens with one attached hydrogen (secondary N) is 1. The predicted octanol–water partition coefficient (Wildman–Crippen LogP) is 2.04. The number of carbonyl (C=O) groups is 1. The lowest BCUT2D eigenvalue weighted by Gasteiger charge is -2.29. The maximum absolute atomic E-state index is 12.5. The third-order valence-electron chi connectivity index (χ3n) is 4.05. The number of carbonyl (C=O) groups excluding carboxylic acids is 1. The van der Waals surface area contributed by atoms with Gasteiger partial charge in [-0.25, -0.2) is 0 Å². The van der Waals surface area contributed by atoms with Crippen LogP contribution < -0.4 is 11.1 Å². The first-order chi connectivity index (χ1) is 9.63. The summed E-state index contributed by atoms with van der Waals surface area (Å²) >= 11 is 0. The molecule has 0 heterocycles. The van der Waals surface area contributed by atoms with Crippen LogP contribution >= 0.6 is 0 Å². The van der Waals surface area contributed by atoms with Crippen LogP contribution in [-0.4, -0.2) is 22.5 Å². The highest BCUT2D eigenvalue weighted by Gasteiger charge is 2.40. The second-order valence-corrected chi connectivity index (χ2v) is 5.24. The predicted molar refractivity (Wildman–Crippen MR) is 77.9 cm³/mol. The van der Waals surface area contributed by atoms with Gasteiger partial charge in [-0.3, -0.25) is 4.79 Å². The van der Waals surface area contributed by atoms with Crippen LogP contribution in [0.2, 0.25) is 0 Å². The van der Waals surface area contributed by atoms with Gasteiger partial charge in [-0.2, -0.15) is 0 Å². The van der Waals surface area contributed by atoms with Crippen LogP contribution in [0.3, 0.4) is 0 Å². The molecule has 0 bridgehead atoms. The molecule has 0 spiro atoms. The van der Waals surface area contributed by atoms with E-state index in [1.54, 1.807) is 0 Å². The van der Waals surface area contributed by atoms with Gasteiger partial charge in [0.1, 0.15) is 5.54 Å². The third-order valence-corrected chi connectivity index (χ3v) is 4.05. The number of hydrogen-bond acceptors (Lipinski definition) is 3. The van der Waals surface area contributed by atoms with Gasteiger partial charge in [-0.15, -0.1) is 0 Å². The van der Waals surface area contributed by atoms with Crippen molar-refractivity contribution in [2.45, 2.75) is 44.6 Å². The van der Waals surface area contributed by atoms with Crippen molar-refractivity contribution < 1.29 is 10.0 Å². The molecule has 20 heavy (non-hydrogen) atoms. The standard InChI is InChI=1S/C15H21N3O2/c1-2-11-7-3-4-8-12(11)13(19)17-15(14(16)18-20)9-5-6-10-15/h3-4,7-8,20H,2,5-6,9-10H2,1H3,(H2,16,18)(H,17,19). The maximum atomic E-state index is 12.5. The zero-order valence-electron chi connectivity index (χ0n) is 11.7. The van der Waals surface area contributed by atoms with Crippen molar-refractivity contribution in [2.75, 3.05) is 0 Å². The molecule has 1 aliphatic rings. The van der Waals surface area contributed by atoms with E-state index in [4.69, 9.17) is 10.9 Å². The Bertz CT molecular complexity index is 520. The van der Waals surface area contributed by atoms with Crippen LogP contribution in [0.4, 0.5) is 0 Å². The third kappa shape index (κ3) is 2.61. The Morgan fingerprint density at radius 1 is 1.40 bits per heavy atom. The first kappa shape index (κ1) is 14.4. The molecule has 1 amide bonds. The van der Waals surface area contributed by atoms with Gasteiger partial charge in [-0.05, 0) is 30.9 Å². The van der Waals surface area contributed by atoms with Gasteiger partial charge in [0.2, 0.25) is 0 Å². The van der Waals surface area contributed by atoms with Crippen molar-refractivity contribution in [3.63, 3.8) is 0 Å². The van der Waals surface area contributed by atoms with Crippen LogP contribution in [0.15, 0.2) is 29.4 Å². The van der Waals surface area contributed by atoms with Gasteiger partial charge < -0.3 is 16.3 Å². The van der Waals surface area contributed by atoms with E-state index in [2.05, 4.69) is 10.5 Å². The van der Waals surface area contributed by atoms with E-state index in [0.717, 1.165) is 24.8 Å². The Hall–Kier alpha value is -2.04. The highest BCUT2D eigenvalue weighted by Crippen LogP contribution is 2.30. The Kier molecular flexibility index (Phi) is 4.27. The van der Waals surface area contributed by atoms with Crippen LogP contribution in [0.25, 0.3) is 0 Å². The molecule has 0 saturated heterocycles. The molecule has 1 aliphatic carbocycles. The normalized spacial score (nSPS) is 17.9. The first-order valence-electron chi connectivity index (χ1n) is 7.01. The average Bonchev–Trinajstić information content (AvgIpc) is 2.95. The van der Waals surface area contributed by atoms with Crippen molar-refractivity contribution in [2.24, 2.45) is 10.9 Å². The first-order valence-corrected chi connectivity index (χ1v) is 7.01. The minimum absolute atomic E-state index is 0.0947. The number of nitrogens with zero attached hydrogens (tertiary/aromatic N) is 1. The molecular formula is C15H21N3O2. The van der Waals surface area contributed by atoms with E-state index < -0.39 is 5.54 Å². The molecule has 1 saturated carbocycles. The fourth-order valence-electron chi connectivity index (χ4n) is 2.85. The summed E-state index contributed by atoms with van der Waals surface area (Å²) in [4.78, 5) is 12.5. The molecule has 0 aliphatic heterocycles. The van der Waals surface area contributed by atoms with Gasteiger partial charge in [0, 0.05) is 5.56 Å². The summed E-state index contributed by atoms with van der Waals surface area (Å²) in [5, 5.41) is 15.0. The SMILES string of the molecule is CCc1ccccc1C(=O)NC1(/C(N)=N/O)CCCC1.